The van der Waals surface area contributed by atoms with Gasteiger partial charge >= 0.3 is 12.1 Å². The molecule has 4 nitrogen and oxygen atoms in total. The molecule has 0 bridgehead atoms. The van der Waals surface area contributed by atoms with Crippen molar-refractivity contribution in [3.63, 3.8) is 0 Å². The molecule has 2 rings (SSSR count). The van der Waals surface area contributed by atoms with Crippen molar-refractivity contribution in [2.24, 2.45) is 0 Å². The number of rotatable bonds is 3. The average molecular weight is 312 g/mol. The molecule has 1 heterocycles. The summed E-state index contributed by atoms with van der Waals surface area (Å²) in [4.78, 5) is 15.4. The molecule has 0 N–H and O–H groups in total. The Hall–Kier alpha value is -2.31. The zero-order chi connectivity index (χ0) is 16.5. The molecule has 0 saturated heterocycles. The van der Waals surface area contributed by atoms with Crippen LogP contribution in [0.5, 0.6) is 0 Å². The van der Waals surface area contributed by atoms with Crippen LogP contribution in [0.25, 0.3) is 5.69 Å². The van der Waals surface area contributed by atoms with Crippen LogP contribution in [0.2, 0.25) is 0 Å². The number of benzene rings is 1. The summed E-state index contributed by atoms with van der Waals surface area (Å²) in [7, 11) is 0. The predicted octanol–water partition coefficient (Wildman–Crippen LogP) is 3.68. The van der Waals surface area contributed by atoms with Crippen LogP contribution in [0.15, 0.2) is 24.5 Å². The van der Waals surface area contributed by atoms with Crippen molar-refractivity contribution < 1.29 is 22.7 Å². The van der Waals surface area contributed by atoms with Gasteiger partial charge in [-0.1, -0.05) is 18.2 Å². The second-order valence-electron chi connectivity index (χ2n) is 4.77. The van der Waals surface area contributed by atoms with Crippen LogP contribution in [0.4, 0.5) is 13.2 Å². The number of nitrogens with zero attached hydrogens (tertiary/aromatic N) is 2. The number of hydrogen-bond donors (Lipinski definition) is 0. The summed E-state index contributed by atoms with van der Waals surface area (Å²) in [6.07, 6.45) is -3.72. The summed E-state index contributed by atoms with van der Waals surface area (Å²) >= 11 is 0. The first kappa shape index (κ1) is 16.1. The third kappa shape index (κ3) is 2.84. The van der Waals surface area contributed by atoms with Gasteiger partial charge in [-0.25, -0.2) is 9.78 Å². The summed E-state index contributed by atoms with van der Waals surface area (Å²) < 4.78 is 45.8. The van der Waals surface area contributed by atoms with Crippen molar-refractivity contribution in [1.29, 1.82) is 0 Å². The number of alkyl halides is 3. The second kappa shape index (κ2) is 5.82. The molecule has 0 unspecified atom stereocenters. The Labute approximate surface area is 125 Å². The van der Waals surface area contributed by atoms with Gasteiger partial charge in [0.2, 0.25) is 0 Å². The first-order chi connectivity index (χ1) is 10.3. The van der Waals surface area contributed by atoms with Gasteiger partial charge in [0, 0.05) is 0 Å². The summed E-state index contributed by atoms with van der Waals surface area (Å²) in [5.74, 6) is -1.08. The lowest BCUT2D eigenvalue weighted by Crippen LogP contribution is -2.19. The Bertz CT molecular complexity index is 685. The van der Waals surface area contributed by atoms with Gasteiger partial charge in [-0.3, -0.25) is 4.57 Å². The quantitative estimate of drug-likeness (QED) is 0.812. The van der Waals surface area contributed by atoms with E-state index in [1.54, 1.807) is 32.0 Å². The number of aromatic nitrogens is 2. The molecule has 7 heteroatoms. The number of carbonyl (C=O) groups is 1. The van der Waals surface area contributed by atoms with E-state index in [1.165, 1.54) is 6.92 Å². The molecule has 118 valence electrons. The fourth-order valence-corrected chi connectivity index (χ4v) is 2.32. The first-order valence-corrected chi connectivity index (χ1v) is 6.65. The minimum Gasteiger partial charge on any atom is -0.461 e. The van der Waals surface area contributed by atoms with E-state index >= 15 is 0 Å². The standard InChI is InChI=1S/C15H15F3N2O2/c1-4-22-14(21)11-13(15(16,17)18)20(8-19-11)12-9(2)6-5-7-10(12)3/h5-8H,4H2,1-3H3. The zero-order valence-corrected chi connectivity index (χ0v) is 12.4. The topological polar surface area (TPSA) is 44.1 Å². The van der Waals surface area contributed by atoms with Crippen LogP contribution in [0.1, 0.15) is 34.2 Å². The molecule has 0 fully saturated rings. The van der Waals surface area contributed by atoms with Gasteiger partial charge in [-0.2, -0.15) is 13.2 Å². The lowest BCUT2D eigenvalue weighted by molar-refractivity contribution is -0.142. The number of ether oxygens (including phenoxy) is 1. The van der Waals surface area contributed by atoms with Gasteiger partial charge in [0.05, 0.1) is 12.3 Å². The van der Waals surface area contributed by atoms with Gasteiger partial charge in [-0.15, -0.1) is 0 Å². The number of carbonyl (C=O) groups excluding carboxylic acids is 1. The van der Waals surface area contributed by atoms with E-state index in [4.69, 9.17) is 0 Å². The SMILES string of the molecule is CCOC(=O)c1ncn(-c2c(C)cccc2C)c1C(F)(F)F. The molecule has 0 aliphatic heterocycles. The lowest BCUT2D eigenvalue weighted by Gasteiger charge is -2.16. The predicted molar refractivity (Wildman–Crippen MR) is 74.0 cm³/mol. The average Bonchev–Trinajstić information content (AvgIpc) is 2.83. The minimum absolute atomic E-state index is 0.0214. The molecule has 1 aromatic heterocycles. The highest BCUT2D eigenvalue weighted by Gasteiger charge is 2.41. The zero-order valence-electron chi connectivity index (χ0n) is 12.4. The van der Waals surface area contributed by atoms with Crippen LogP contribution in [0, 0.1) is 13.8 Å². The molecule has 0 spiro atoms. The Morgan fingerprint density at radius 3 is 2.36 bits per heavy atom. The maximum absolute atomic E-state index is 13.4. The van der Waals surface area contributed by atoms with Crippen LogP contribution in [-0.2, 0) is 10.9 Å². The molecule has 1 aromatic carbocycles. The van der Waals surface area contributed by atoms with Crippen LogP contribution < -0.4 is 0 Å². The van der Waals surface area contributed by atoms with E-state index in [9.17, 15) is 18.0 Å². The fraction of sp³-hybridized carbons (Fsp3) is 0.333. The van der Waals surface area contributed by atoms with Crippen molar-refractivity contribution in [2.75, 3.05) is 6.61 Å². The van der Waals surface area contributed by atoms with E-state index in [0.29, 0.717) is 16.8 Å². The monoisotopic (exact) mass is 312 g/mol. The maximum Gasteiger partial charge on any atom is 0.434 e. The highest BCUT2D eigenvalue weighted by Crippen LogP contribution is 2.35. The summed E-state index contributed by atoms with van der Waals surface area (Å²) in [5, 5.41) is 0. The Morgan fingerprint density at radius 1 is 1.27 bits per heavy atom. The molecule has 0 saturated carbocycles. The van der Waals surface area contributed by atoms with Gasteiger partial charge in [0.25, 0.3) is 0 Å². The van der Waals surface area contributed by atoms with Crippen molar-refractivity contribution in [3.8, 4) is 5.69 Å². The number of esters is 1. The van der Waals surface area contributed by atoms with E-state index in [-0.39, 0.29) is 6.61 Å². The number of hydrogen-bond acceptors (Lipinski definition) is 3. The third-order valence-electron chi connectivity index (χ3n) is 3.19. The lowest BCUT2D eigenvalue weighted by atomic mass is 10.1. The molecule has 0 aliphatic carbocycles. The highest BCUT2D eigenvalue weighted by atomic mass is 19.4. The van der Waals surface area contributed by atoms with E-state index in [0.717, 1.165) is 10.9 Å². The van der Waals surface area contributed by atoms with Crippen LogP contribution in [-0.4, -0.2) is 22.1 Å². The smallest absolute Gasteiger partial charge is 0.434 e. The molecule has 0 amide bonds. The number of aryl methyl sites for hydroxylation is 2. The normalized spacial score (nSPS) is 11.5. The summed E-state index contributed by atoms with van der Waals surface area (Å²) in [6.45, 7) is 4.90. The van der Waals surface area contributed by atoms with E-state index < -0.39 is 23.5 Å². The molecular weight excluding hydrogens is 297 g/mol. The van der Waals surface area contributed by atoms with E-state index in [2.05, 4.69) is 9.72 Å². The molecular formula is C15H15F3N2O2. The Kier molecular flexibility index (Phi) is 4.25. The second-order valence-corrected chi connectivity index (χ2v) is 4.77. The summed E-state index contributed by atoms with van der Waals surface area (Å²) in [6, 6.07) is 5.16. The number of halogens is 3. The molecule has 2 aromatic rings. The van der Waals surface area contributed by atoms with Gasteiger partial charge < -0.3 is 4.74 Å². The van der Waals surface area contributed by atoms with Gasteiger partial charge in [0.1, 0.15) is 6.33 Å². The summed E-state index contributed by atoms with van der Waals surface area (Å²) in [5.41, 5.74) is -0.185. The van der Waals surface area contributed by atoms with Crippen molar-refractivity contribution >= 4 is 5.97 Å². The maximum atomic E-state index is 13.4. The Morgan fingerprint density at radius 2 is 1.86 bits per heavy atom. The molecule has 0 radical (unpaired) electrons. The van der Waals surface area contributed by atoms with Gasteiger partial charge in [0.15, 0.2) is 11.4 Å². The number of para-hydroxylation sites is 1. The van der Waals surface area contributed by atoms with Crippen LogP contribution in [0.3, 0.4) is 0 Å². The minimum atomic E-state index is -4.73. The molecule has 0 atom stereocenters. The fourth-order valence-electron chi connectivity index (χ4n) is 2.32. The van der Waals surface area contributed by atoms with Gasteiger partial charge in [-0.05, 0) is 31.9 Å². The molecule has 0 aliphatic rings. The first-order valence-electron chi connectivity index (χ1n) is 6.65. The van der Waals surface area contributed by atoms with Crippen molar-refractivity contribution in [3.05, 3.63) is 47.0 Å². The van der Waals surface area contributed by atoms with E-state index in [1.807, 2.05) is 0 Å². The number of imidazole rings is 1. The van der Waals surface area contributed by atoms with Crippen molar-refractivity contribution in [1.82, 2.24) is 9.55 Å². The van der Waals surface area contributed by atoms with Crippen LogP contribution >= 0.6 is 0 Å². The Balaban J connectivity index is 2.71. The third-order valence-corrected chi connectivity index (χ3v) is 3.19. The van der Waals surface area contributed by atoms with Crippen molar-refractivity contribution in [2.45, 2.75) is 26.9 Å². The largest absolute Gasteiger partial charge is 0.461 e. The highest BCUT2D eigenvalue weighted by molar-refractivity contribution is 5.89. The molecule has 22 heavy (non-hydrogen) atoms.